The SMILES string of the molecule is C=CCc1cc(N)ccc1OCC(=O)N1CCCC1. The van der Waals surface area contributed by atoms with Gasteiger partial charge >= 0.3 is 0 Å². The highest BCUT2D eigenvalue weighted by Crippen LogP contribution is 2.22. The van der Waals surface area contributed by atoms with Gasteiger partial charge in [0, 0.05) is 18.8 Å². The number of likely N-dealkylation sites (tertiary alicyclic amines) is 1. The fourth-order valence-electron chi connectivity index (χ4n) is 2.25. The molecular formula is C15H20N2O2. The molecule has 1 aliphatic heterocycles. The zero-order chi connectivity index (χ0) is 13.7. The number of carbonyl (C=O) groups excluding carboxylic acids is 1. The highest BCUT2D eigenvalue weighted by Gasteiger charge is 2.18. The van der Waals surface area contributed by atoms with E-state index in [1.54, 1.807) is 12.1 Å². The second-order valence-corrected chi connectivity index (χ2v) is 4.74. The minimum atomic E-state index is 0.0545. The first-order valence-electron chi connectivity index (χ1n) is 6.60. The molecule has 0 radical (unpaired) electrons. The number of nitrogens with zero attached hydrogens (tertiary/aromatic N) is 1. The first-order valence-corrected chi connectivity index (χ1v) is 6.60. The third-order valence-corrected chi connectivity index (χ3v) is 3.26. The average Bonchev–Trinajstić information content (AvgIpc) is 2.92. The van der Waals surface area contributed by atoms with Gasteiger partial charge in [-0.1, -0.05) is 6.08 Å². The molecule has 4 heteroatoms. The molecule has 1 aromatic carbocycles. The Morgan fingerprint density at radius 3 is 2.84 bits per heavy atom. The number of nitrogen functional groups attached to an aromatic ring is 1. The Balaban J connectivity index is 1.98. The average molecular weight is 260 g/mol. The van der Waals surface area contributed by atoms with Crippen LogP contribution in [0.2, 0.25) is 0 Å². The van der Waals surface area contributed by atoms with Gasteiger partial charge in [0.2, 0.25) is 0 Å². The number of nitrogens with two attached hydrogens (primary N) is 1. The maximum absolute atomic E-state index is 11.9. The van der Waals surface area contributed by atoms with Crippen LogP contribution in [0.15, 0.2) is 30.9 Å². The van der Waals surface area contributed by atoms with Gasteiger partial charge in [-0.2, -0.15) is 0 Å². The van der Waals surface area contributed by atoms with E-state index < -0.39 is 0 Å². The summed E-state index contributed by atoms with van der Waals surface area (Å²) in [5.41, 5.74) is 7.40. The highest BCUT2D eigenvalue weighted by atomic mass is 16.5. The maximum Gasteiger partial charge on any atom is 0.260 e. The molecule has 102 valence electrons. The van der Waals surface area contributed by atoms with Crippen molar-refractivity contribution in [3.63, 3.8) is 0 Å². The van der Waals surface area contributed by atoms with Crippen LogP contribution in [-0.2, 0) is 11.2 Å². The first kappa shape index (κ1) is 13.5. The molecule has 0 saturated carbocycles. The molecule has 0 unspecified atom stereocenters. The van der Waals surface area contributed by atoms with Crippen LogP contribution in [0.5, 0.6) is 5.75 Å². The molecule has 2 rings (SSSR count). The van der Waals surface area contributed by atoms with Gasteiger partial charge < -0.3 is 15.4 Å². The largest absolute Gasteiger partial charge is 0.483 e. The van der Waals surface area contributed by atoms with E-state index in [4.69, 9.17) is 10.5 Å². The van der Waals surface area contributed by atoms with Gasteiger partial charge in [-0.3, -0.25) is 4.79 Å². The molecule has 0 bridgehead atoms. The van der Waals surface area contributed by atoms with Crippen LogP contribution in [0.3, 0.4) is 0 Å². The minimum absolute atomic E-state index is 0.0545. The van der Waals surface area contributed by atoms with E-state index in [0.717, 1.165) is 31.5 Å². The van der Waals surface area contributed by atoms with Crippen LogP contribution < -0.4 is 10.5 Å². The lowest BCUT2D eigenvalue weighted by molar-refractivity contribution is -0.132. The lowest BCUT2D eigenvalue weighted by Gasteiger charge is -2.16. The normalized spacial score (nSPS) is 14.4. The lowest BCUT2D eigenvalue weighted by Crippen LogP contribution is -2.32. The van der Waals surface area contributed by atoms with E-state index in [-0.39, 0.29) is 12.5 Å². The molecule has 1 saturated heterocycles. The number of ether oxygens (including phenoxy) is 1. The van der Waals surface area contributed by atoms with Gasteiger partial charge in [-0.05, 0) is 43.0 Å². The summed E-state index contributed by atoms with van der Waals surface area (Å²) >= 11 is 0. The number of carbonyl (C=O) groups is 1. The first-order chi connectivity index (χ1) is 9.20. The number of rotatable bonds is 5. The summed E-state index contributed by atoms with van der Waals surface area (Å²) in [4.78, 5) is 13.8. The summed E-state index contributed by atoms with van der Waals surface area (Å²) in [7, 11) is 0. The molecule has 1 aromatic rings. The van der Waals surface area contributed by atoms with Crippen molar-refractivity contribution >= 4 is 11.6 Å². The number of hydrogen-bond donors (Lipinski definition) is 1. The number of benzene rings is 1. The van der Waals surface area contributed by atoms with Crippen LogP contribution in [-0.4, -0.2) is 30.5 Å². The summed E-state index contributed by atoms with van der Waals surface area (Å²) in [6.45, 7) is 5.51. The van der Waals surface area contributed by atoms with Crippen molar-refractivity contribution in [3.8, 4) is 5.75 Å². The van der Waals surface area contributed by atoms with Gasteiger partial charge in [-0.25, -0.2) is 0 Å². The van der Waals surface area contributed by atoms with Crippen molar-refractivity contribution in [3.05, 3.63) is 36.4 Å². The van der Waals surface area contributed by atoms with Crippen molar-refractivity contribution in [2.24, 2.45) is 0 Å². The Hall–Kier alpha value is -1.97. The second kappa shape index (κ2) is 6.27. The molecule has 1 amide bonds. The van der Waals surface area contributed by atoms with Gasteiger partial charge in [0.1, 0.15) is 5.75 Å². The Morgan fingerprint density at radius 2 is 2.16 bits per heavy atom. The molecule has 0 spiro atoms. The smallest absolute Gasteiger partial charge is 0.260 e. The Labute approximate surface area is 113 Å². The maximum atomic E-state index is 11.9. The summed E-state index contributed by atoms with van der Waals surface area (Å²) in [5.74, 6) is 0.764. The summed E-state index contributed by atoms with van der Waals surface area (Å²) in [6.07, 6.45) is 4.66. The van der Waals surface area contributed by atoms with Gasteiger partial charge in [-0.15, -0.1) is 6.58 Å². The van der Waals surface area contributed by atoms with E-state index in [9.17, 15) is 4.79 Å². The molecule has 0 aliphatic carbocycles. The van der Waals surface area contributed by atoms with E-state index in [1.807, 2.05) is 17.0 Å². The number of allylic oxidation sites excluding steroid dienone is 1. The van der Waals surface area contributed by atoms with Crippen molar-refractivity contribution in [2.75, 3.05) is 25.4 Å². The van der Waals surface area contributed by atoms with E-state index >= 15 is 0 Å². The fourth-order valence-corrected chi connectivity index (χ4v) is 2.25. The third kappa shape index (κ3) is 3.50. The molecule has 0 aromatic heterocycles. The van der Waals surface area contributed by atoms with Gasteiger partial charge in [0.05, 0.1) is 0 Å². The molecule has 1 fully saturated rings. The second-order valence-electron chi connectivity index (χ2n) is 4.74. The Kier molecular flexibility index (Phi) is 4.44. The molecular weight excluding hydrogens is 240 g/mol. The predicted octanol–water partition coefficient (Wildman–Crippen LogP) is 2.00. The van der Waals surface area contributed by atoms with Crippen LogP contribution in [0, 0.1) is 0 Å². The fraction of sp³-hybridized carbons (Fsp3) is 0.400. The minimum Gasteiger partial charge on any atom is -0.483 e. The monoisotopic (exact) mass is 260 g/mol. The Bertz CT molecular complexity index is 465. The third-order valence-electron chi connectivity index (χ3n) is 3.26. The molecule has 4 nitrogen and oxygen atoms in total. The Morgan fingerprint density at radius 1 is 1.42 bits per heavy atom. The molecule has 19 heavy (non-hydrogen) atoms. The van der Waals surface area contributed by atoms with Crippen LogP contribution >= 0.6 is 0 Å². The number of amides is 1. The highest BCUT2D eigenvalue weighted by molar-refractivity contribution is 5.78. The molecule has 0 atom stereocenters. The summed E-state index contributed by atoms with van der Waals surface area (Å²) in [6, 6.07) is 5.45. The summed E-state index contributed by atoms with van der Waals surface area (Å²) < 4.78 is 5.62. The van der Waals surface area contributed by atoms with Crippen LogP contribution in [0.1, 0.15) is 18.4 Å². The number of anilines is 1. The predicted molar refractivity (Wildman–Crippen MR) is 76.1 cm³/mol. The zero-order valence-corrected chi connectivity index (χ0v) is 11.1. The van der Waals surface area contributed by atoms with Crippen molar-refractivity contribution in [1.29, 1.82) is 0 Å². The number of hydrogen-bond acceptors (Lipinski definition) is 3. The standard InChI is InChI=1S/C15H20N2O2/c1-2-5-12-10-13(16)6-7-14(12)19-11-15(18)17-8-3-4-9-17/h2,6-7,10H,1,3-5,8-9,11,16H2. The zero-order valence-electron chi connectivity index (χ0n) is 11.1. The topological polar surface area (TPSA) is 55.6 Å². The van der Waals surface area contributed by atoms with Crippen LogP contribution in [0.4, 0.5) is 5.69 Å². The molecule has 1 heterocycles. The van der Waals surface area contributed by atoms with Crippen LogP contribution in [0.25, 0.3) is 0 Å². The molecule has 1 aliphatic rings. The lowest BCUT2D eigenvalue weighted by atomic mass is 10.1. The van der Waals surface area contributed by atoms with Crippen molar-refractivity contribution < 1.29 is 9.53 Å². The van der Waals surface area contributed by atoms with Crippen molar-refractivity contribution in [1.82, 2.24) is 4.90 Å². The quantitative estimate of drug-likeness (QED) is 0.650. The summed E-state index contributed by atoms with van der Waals surface area (Å²) in [5, 5.41) is 0. The van der Waals surface area contributed by atoms with E-state index in [2.05, 4.69) is 6.58 Å². The van der Waals surface area contributed by atoms with Gasteiger partial charge in [0.15, 0.2) is 6.61 Å². The van der Waals surface area contributed by atoms with Gasteiger partial charge in [0.25, 0.3) is 5.91 Å². The van der Waals surface area contributed by atoms with Crippen molar-refractivity contribution in [2.45, 2.75) is 19.3 Å². The molecule has 2 N–H and O–H groups in total. The van der Waals surface area contributed by atoms with E-state index in [0.29, 0.717) is 17.9 Å². The van der Waals surface area contributed by atoms with E-state index in [1.165, 1.54) is 0 Å².